The molecule has 2 saturated carbocycles. The third kappa shape index (κ3) is 3.60. The van der Waals surface area contributed by atoms with Gasteiger partial charge in [-0.25, -0.2) is 0 Å². The van der Waals surface area contributed by atoms with Crippen molar-refractivity contribution in [1.82, 2.24) is 9.88 Å². The molecule has 4 rings (SSSR count). The van der Waals surface area contributed by atoms with Gasteiger partial charge in [0.25, 0.3) is 0 Å². The highest BCUT2D eigenvalue weighted by Gasteiger charge is 2.37. The number of carboxylic acids is 1. The topological polar surface area (TPSA) is 74.7 Å². The zero-order chi connectivity index (χ0) is 18.1. The minimum Gasteiger partial charge on any atom is -0.494 e. The molecule has 6 nitrogen and oxygen atoms in total. The van der Waals surface area contributed by atoms with Crippen molar-refractivity contribution in [2.24, 2.45) is 5.92 Å². The Morgan fingerprint density at radius 1 is 1.35 bits per heavy atom. The molecule has 138 valence electrons. The average Bonchev–Trinajstić information content (AvgIpc) is 3.40. The van der Waals surface area contributed by atoms with Crippen LogP contribution >= 0.6 is 0 Å². The van der Waals surface area contributed by atoms with Crippen LogP contribution in [0.1, 0.15) is 25.7 Å². The lowest BCUT2D eigenvalue weighted by Gasteiger charge is -2.43. The summed E-state index contributed by atoms with van der Waals surface area (Å²) in [7, 11) is 1.66. The highest BCUT2D eigenvalue weighted by Crippen LogP contribution is 2.36. The van der Waals surface area contributed by atoms with Gasteiger partial charge in [-0.2, -0.15) is 0 Å². The van der Waals surface area contributed by atoms with Gasteiger partial charge in [-0.05, 0) is 43.7 Å². The fourth-order valence-corrected chi connectivity index (χ4v) is 3.81. The van der Waals surface area contributed by atoms with Crippen molar-refractivity contribution >= 4 is 22.6 Å². The number of rotatable bonds is 8. The normalized spacial score (nSPS) is 22.2. The molecule has 1 aromatic carbocycles. The maximum absolute atomic E-state index is 11.2. The monoisotopic (exact) mass is 355 g/mol. The van der Waals surface area contributed by atoms with Crippen molar-refractivity contribution in [3.8, 4) is 5.75 Å². The van der Waals surface area contributed by atoms with E-state index in [2.05, 4.69) is 15.2 Å². The highest BCUT2D eigenvalue weighted by molar-refractivity contribution is 5.94. The van der Waals surface area contributed by atoms with E-state index in [0.29, 0.717) is 18.0 Å². The number of carbonyl (C=O) groups is 1. The van der Waals surface area contributed by atoms with Crippen LogP contribution in [0, 0.1) is 5.92 Å². The van der Waals surface area contributed by atoms with Gasteiger partial charge < -0.3 is 15.2 Å². The third-order valence-electron chi connectivity index (χ3n) is 5.47. The number of aliphatic carboxylic acids is 1. The van der Waals surface area contributed by atoms with Gasteiger partial charge in [0, 0.05) is 35.9 Å². The molecule has 0 radical (unpaired) electrons. The standard InChI is InChI=1S/C20H25N3O3/c1-26-18-4-2-3-16-17(7-8-21-20(16)18)22-14-9-15(10-14)23(12-19(24)25)11-13-5-6-13/h2-4,7-8,13-15H,5-6,9-12H2,1H3,(H,21,22)(H,24,25). The minimum absolute atomic E-state index is 0.156. The zero-order valence-corrected chi connectivity index (χ0v) is 15.0. The Morgan fingerprint density at radius 3 is 2.85 bits per heavy atom. The van der Waals surface area contributed by atoms with Crippen molar-refractivity contribution < 1.29 is 14.6 Å². The summed E-state index contributed by atoms with van der Waals surface area (Å²) < 4.78 is 5.40. The van der Waals surface area contributed by atoms with Crippen LogP contribution in [-0.2, 0) is 4.79 Å². The number of hydrogen-bond donors (Lipinski definition) is 2. The molecule has 2 aliphatic carbocycles. The van der Waals surface area contributed by atoms with Gasteiger partial charge in [0.05, 0.1) is 13.7 Å². The quantitative estimate of drug-likeness (QED) is 0.758. The summed E-state index contributed by atoms with van der Waals surface area (Å²) in [6.45, 7) is 1.09. The Morgan fingerprint density at radius 2 is 2.15 bits per heavy atom. The molecule has 0 bridgehead atoms. The summed E-state index contributed by atoms with van der Waals surface area (Å²) in [5, 5.41) is 13.8. The lowest BCUT2D eigenvalue weighted by molar-refractivity contribution is -0.139. The number of benzene rings is 1. The van der Waals surface area contributed by atoms with E-state index in [4.69, 9.17) is 4.74 Å². The number of nitrogens with one attached hydrogen (secondary N) is 1. The molecule has 0 spiro atoms. The fraction of sp³-hybridized carbons (Fsp3) is 0.500. The van der Waals surface area contributed by atoms with E-state index in [1.807, 2.05) is 24.3 Å². The molecule has 6 heteroatoms. The van der Waals surface area contributed by atoms with E-state index in [9.17, 15) is 9.90 Å². The Labute approximate surface area is 153 Å². The molecular weight excluding hydrogens is 330 g/mol. The van der Waals surface area contributed by atoms with E-state index in [0.717, 1.165) is 41.7 Å². The maximum atomic E-state index is 11.2. The number of methoxy groups -OCH3 is 1. The Balaban J connectivity index is 1.42. The summed E-state index contributed by atoms with van der Waals surface area (Å²) in [4.78, 5) is 17.8. The van der Waals surface area contributed by atoms with Gasteiger partial charge in [-0.3, -0.25) is 14.7 Å². The molecule has 0 aliphatic heterocycles. The molecule has 0 atom stereocenters. The Bertz CT molecular complexity index is 800. The van der Waals surface area contributed by atoms with Crippen LogP contribution in [0.3, 0.4) is 0 Å². The molecule has 0 amide bonds. The number of aromatic nitrogens is 1. The first-order chi connectivity index (χ1) is 12.6. The third-order valence-corrected chi connectivity index (χ3v) is 5.47. The number of fused-ring (bicyclic) bond motifs is 1. The summed E-state index contributed by atoms with van der Waals surface area (Å²) in [5.74, 6) is 0.752. The number of para-hydroxylation sites is 1. The molecule has 2 aromatic rings. The summed E-state index contributed by atoms with van der Waals surface area (Å²) in [5.41, 5.74) is 1.92. The molecule has 1 aromatic heterocycles. The van der Waals surface area contributed by atoms with Crippen LogP contribution in [-0.4, -0.2) is 53.2 Å². The predicted octanol–water partition coefficient (Wildman–Crippen LogP) is 2.98. The van der Waals surface area contributed by atoms with Crippen molar-refractivity contribution in [3.05, 3.63) is 30.5 Å². The summed E-state index contributed by atoms with van der Waals surface area (Å²) in [6.07, 6.45) is 6.25. The van der Waals surface area contributed by atoms with Gasteiger partial charge in [-0.15, -0.1) is 0 Å². The number of ether oxygens (including phenoxy) is 1. The van der Waals surface area contributed by atoms with Gasteiger partial charge in [0.15, 0.2) is 0 Å². The van der Waals surface area contributed by atoms with Crippen molar-refractivity contribution in [3.63, 3.8) is 0 Å². The number of pyridine rings is 1. The summed E-state index contributed by atoms with van der Waals surface area (Å²) >= 11 is 0. The van der Waals surface area contributed by atoms with Gasteiger partial charge >= 0.3 is 5.97 Å². The second-order valence-electron chi connectivity index (χ2n) is 7.45. The van der Waals surface area contributed by atoms with Gasteiger partial charge in [0.2, 0.25) is 0 Å². The minimum atomic E-state index is -0.728. The predicted molar refractivity (Wildman–Crippen MR) is 101 cm³/mol. The number of hydrogen-bond acceptors (Lipinski definition) is 5. The molecule has 2 aliphatic rings. The average molecular weight is 355 g/mol. The second kappa shape index (κ2) is 7.11. The smallest absolute Gasteiger partial charge is 0.317 e. The lowest BCUT2D eigenvalue weighted by atomic mass is 9.85. The van der Waals surface area contributed by atoms with Crippen molar-refractivity contribution in [1.29, 1.82) is 0 Å². The molecule has 26 heavy (non-hydrogen) atoms. The van der Waals surface area contributed by atoms with Crippen LogP contribution in [0.25, 0.3) is 10.9 Å². The largest absolute Gasteiger partial charge is 0.494 e. The van der Waals surface area contributed by atoms with Crippen molar-refractivity contribution in [2.45, 2.75) is 37.8 Å². The molecule has 2 N–H and O–H groups in total. The molecular formula is C20H25N3O3. The van der Waals surface area contributed by atoms with Crippen LogP contribution in [0.4, 0.5) is 5.69 Å². The molecule has 0 unspecified atom stereocenters. The molecule has 2 fully saturated rings. The van der Waals surface area contributed by atoms with E-state index in [1.54, 1.807) is 13.3 Å². The van der Waals surface area contributed by atoms with Gasteiger partial charge in [-0.1, -0.05) is 12.1 Å². The highest BCUT2D eigenvalue weighted by atomic mass is 16.5. The first-order valence-corrected chi connectivity index (χ1v) is 9.28. The van der Waals surface area contributed by atoms with Crippen LogP contribution in [0.15, 0.2) is 30.5 Å². The first kappa shape index (κ1) is 17.1. The van der Waals surface area contributed by atoms with Crippen LogP contribution < -0.4 is 10.1 Å². The van der Waals surface area contributed by atoms with Crippen LogP contribution in [0.2, 0.25) is 0 Å². The number of carboxylic acid groups (broad SMARTS) is 1. The Hall–Kier alpha value is -2.34. The Kier molecular flexibility index (Phi) is 4.68. The SMILES string of the molecule is COc1cccc2c(NC3CC(N(CC(=O)O)CC4CC4)C3)ccnc12. The fourth-order valence-electron chi connectivity index (χ4n) is 3.81. The van der Waals surface area contributed by atoms with Crippen molar-refractivity contribution in [2.75, 3.05) is 25.5 Å². The van der Waals surface area contributed by atoms with Gasteiger partial charge in [0.1, 0.15) is 11.3 Å². The van der Waals surface area contributed by atoms with E-state index < -0.39 is 5.97 Å². The van der Waals surface area contributed by atoms with E-state index in [-0.39, 0.29) is 6.54 Å². The second-order valence-corrected chi connectivity index (χ2v) is 7.45. The number of nitrogens with zero attached hydrogens (tertiary/aromatic N) is 2. The lowest BCUT2D eigenvalue weighted by Crippen LogP contribution is -2.52. The van der Waals surface area contributed by atoms with E-state index in [1.165, 1.54) is 12.8 Å². The first-order valence-electron chi connectivity index (χ1n) is 9.28. The maximum Gasteiger partial charge on any atom is 0.317 e. The van der Waals surface area contributed by atoms with Crippen LogP contribution in [0.5, 0.6) is 5.75 Å². The molecule has 1 heterocycles. The number of anilines is 1. The summed E-state index contributed by atoms with van der Waals surface area (Å²) in [6, 6.07) is 8.67. The van der Waals surface area contributed by atoms with E-state index >= 15 is 0 Å². The molecule has 0 saturated heterocycles. The zero-order valence-electron chi connectivity index (χ0n) is 15.0.